The van der Waals surface area contributed by atoms with Crippen LogP contribution in [0.4, 0.5) is 0 Å². The molecular weight excluding hydrogens is 262 g/mol. The van der Waals surface area contributed by atoms with Crippen molar-refractivity contribution < 1.29 is 12.8 Å². The van der Waals surface area contributed by atoms with Crippen LogP contribution >= 0.6 is 0 Å². The first-order valence-corrected chi connectivity index (χ1v) is 8.58. The van der Waals surface area contributed by atoms with Crippen LogP contribution in [0.1, 0.15) is 45.6 Å². The second-order valence-electron chi connectivity index (χ2n) is 5.30. The van der Waals surface area contributed by atoms with E-state index >= 15 is 0 Å². The van der Waals surface area contributed by atoms with Crippen LogP contribution in [0, 0.1) is 5.92 Å². The summed E-state index contributed by atoms with van der Waals surface area (Å²) in [5, 5.41) is 2.88. The highest BCUT2D eigenvalue weighted by Crippen LogP contribution is 2.18. The first-order valence-electron chi connectivity index (χ1n) is 6.86. The lowest BCUT2D eigenvalue weighted by Gasteiger charge is -2.15. The lowest BCUT2D eigenvalue weighted by Crippen LogP contribution is -2.24. The summed E-state index contributed by atoms with van der Waals surface area (Å²) in [4.78, 5) is 0. The van der Waals surface area contributed by atoms with E-state index in [9.17, 15) is 8.42 Å². The van der Waals surface area contributed by atoms with Gasteiger partial charge in [0.2, 0.25) is 0 Å². The minimum Gasteiger partial charge on any atom is -0.464 e. The van der Waals surface area contributed by atoms with Crippen molar-refractivity contribution >= 4 is 9.84 Å². The van der Waals surface area contributed by atoms with Crippen LogP contribution in [0.3, 0.4) is 0 Å². The smallest absolute Gasteiger partial charge is 0.160 e. The summed E-state index contributed by atoms with van der Waals surface area (Å²) in [6.07, 6.45) is 1.06. The highest BCUT2D eigenvalue weighted by Gasteiger charge is 2.25. The fraction of sp³-hybridized carbons (Fsp3) is 0.714. The number of rotatable bonds is 8. The zero-order chi connectivity index (χ0) is 14.5. The number of sulfone groups is 1. The largest absolute Gasteiger partial charge is 0.464 e. The average molecular weight is 287 g/mol. The quantitative estimate of drug-likeness (QED) is 0.747. The van der Waals surface area contributed by atoms with Crippen LogP contribution < -0.4 is 5.32 Å². The third kappa shape index (κ3) is 4.99. The topological polar surface area (TPSA) is 59.3 Å². The van der Waals surface area contributed by atoms with E-state index in [2.05, 4.69) is 12.2 Å². The molecule has 0 spiro atoms. The number of nitrogens with one attached hydrogen (secondary N) is 1. The van der Waals surface area contributed by atoms with Gasteiger partial charge in [0.05, 0.1) is 11.8 Å². The first-order chi connectivity index (χ1) is 8.86. The molecule has 0 saturated heterocycles. The Morgan fingerprint density at radius 2 is 1.84 bits per heavy atom. The van der Waals surface area contributed by atoms with Crippen LogP contribution in [0.25, 0.3) is 0 Å². The summed E-state index contributed by atoms with van der Waals surface area (Å²) in [5.74, 6) is 1.42. The molecule has 1 aromatic rings. The van der Waals surface area contributed by atoms with Gasteiger partial charge in [-0.05, 0) is 37.9 Å². The standard InChI is InChI=1S/C14H25NO3S/c1-5-8-15-9-13-6-7-14(18-13)10-19(16,17)12(4)11(2)3/h6-7,11-12,15H,5,8-10H2,1-4H3. The number of hydrogen-bond donors (Lipinski definition) is 1. The first kappa shape index (κ1) is 16.2. The van der Waals surface area contributed by atoms with E-state index in [0.717, 1.165) is 18.7 Å². The monoisotopic (exact) mass is 287 g/mol. The third-order valence-electron chi connectivity index (χ3n) is 3.29. The average Bonchev–Trinajstić information content (AvgIpc) is 2.75. The van der Waals surface area contributed by atoms with E-state index in [0.29, 0.717) is 12.3 Å². The van der Waals surface area contributed by atoms with Gasteiger partial charge in [-0.3, -0.25) is 0 Å². The van der Waals surface area contributed by atoms with Crippen LogP contribution in [0.15, 0.2) is 16.5 Å². The summed E-state index contributed by atoms with van der Waals surface area (Å²) in [6.45, 7) is 9.27. The molecule has 0 fully saturated rings. The Balaban J connectivity index is 2.63. The molecule has 1 heterocycles. The van der Waals surface area contributed by atoms with Crippen molar-refractivity contribution in [1.82, 2.24) is 5.32 Å². The van der Waals surface area contributed by atoms with E-state index in [-0.39, 0.29) is 16.9 Å². The highest BCUT2D eigenvalue weighted by molar-refractivity contribution is 7.91. The second kappa shape index (κ2) is 7.10. The molecular formula is C14H25NO3S. The van der Waals surface area contributed by atoms with Gasteiger partial charge in [-0.15, -0.1) is 0 Å². The van der Waals surface area contributed by atoms with Gasteiger partial charge in [0.25, 0.3) is 0 Å². The normalized spacial score (nSPS) is 13.9. The maximum absolute atomic E-state index is 12.1. The van der Waals surface area contributed by atoms with E-state index in [1.165, 1.54) is 0 Å². The summed E-state index contributed by atoms with van der Waals surface area (Å²) in [5.41, 5.74) is 0. The molecule has 4 nitrogen and oxygen atoms in total. The van der Waals surface area contributed by atoms with Crippen molar-refractivity contribution in [3.63, 3.8) is 0 Å². The van der Waals surface area contributed by atoms with Crippen molar-refractivity contribution in [3.8, 4) is 0 Å². The van der Waals surface area contributed by atoms with Gasteiger partial charge >= 0.3 is 0 Å². The van der Waals surface area contributed by atoms with E-state index in [1.807, 2.05) is 19.9 Å². The molecule has 0 aliphatic carbocycles. The number of furan rings is 1. The number of hydrogen-bond acceptors (Lipinski definition) is 4. The molecule has 1 atom stereocenters. The Morgan fingerprint density at radius 1 is 1.21 bits per heavy atom. The zero-order valence-electron chi connectivity index (χ0n) is 12.3. The fourth-order valence-corrected chi connectivity index (χ4v) is 3.37. The molecule has 0 aliphatic heterocycles. The molecule has 1 rings (SSSR count). The van der Waals surface area contributed by atoms with Gasteiger partial charge in [0, 0.05) is 0 Å². The van der Waals surface area contributed by atoms with Crippen molar-refractivity contribution in [3.05, 3.63) is 23.7 Å². The van der Waals surface area contributed by atoms with Crippen LogP contribution in [-0.2, 0) is 22.1 Å². The molecule has 0 radical (unpaired) electrons. The molecule has 0 saturated carbocycles. The SMILES string of the molecule is CCCNCc1ccc(CS(=O)(=O)C(C)C(C)C)o1. The summed E-state index contributed by atoms with van der Waals surface area (Å²) < 4.78 is 29.8. The summed E-state index contributed by atoms with van der Waals surface area (Å²) in [6, 6.07) is 3.60. The van der Waals surface area contributed by atoms with Gasteiger partial charge in [-0.2, -0.15) is 0 Å². The van der Waals surface area contributed by atoms with Gasteiger partial charge in [-0.25, -0.2) is 8.42 Å². The molecule has 19 heavy (non-hydrogen) atoms. The minimum atomic E-state index is -3.14. The summed E-state index contributed by atoms with van der Waals surface area (Å²) in [7, 11) is -3.14. The molecule has 1 N–H and O–H groups in total. The van der Waals surface area contributed by atoms with Gasteiger partial charge in [-0.1, -0.05) is 20.8 Å². The van der Waals surface area contributed by atoms with Crippen LogP contribution in [-0.4, -0.2) is 20.2 Å². The molecule has 110 valence electrons. The molecule has 0 aromatic carbocycles. The van der Waals surface area contributed by atoms with E-state index in [4.69, 9.17) is 4.42 Å². The van der Waals surface area contributed by atoms with Crippen molar-refractivity contribution in [1.29, 1.82) is 0 Å². The predicted molar refractivity (Wildman–Crippen MR) is 77.6 cm³/mol. The van der Waals surface area contributed by atoms with Crippen molar-refractivity contribution in [2.24, 2.45) is 5.92 Å². The Labute approximate surface area is 116 Å². The lowest BCUT2D eigenvalue weighted by atomic mass is 10.2. The molecule has 5 heteroatoms. The van der Waals surface area contributed by atoms with Crippen molar-refractivity contribution in [2.45, 2.75) is 51.7 Å². The van der Waals surface area contributed by atoms with Gasteiger partial charge in [0.15, 0.2) is 9.84 Å². The molecule has 0 aliphatic rings. The Hall–Kier alpha value is -0.810. The van der Waals surface area contributed by atoms with Crippen LogP contribution in [0.2, 0.25) is 0 Å². The minimum absolute atomic E-state index is 0.0138. The van der Waals surface area contributed by atoms with Gasteiger partial charge in [0.1, 0.15) is 17.3 Å². The maximum Gasteiger partial charge on any atom is 0.160 e. The zero-order valence-corrected chi connectivity index (χ0v) is 13.1. The molecule has 1 unspecified atom stereocenters. The van der Waals surface area contributed by atoms with E-state index < -0.39 is 9.84 Å². The third-order valence-corrected chi connectivity index (χ3v) is 5.66. The molecule has 1 aromatic heterocycles. The lowest BCUT2D eigenvalue weighted by molar-refractivity contribution is 0.454. The Morgan fingerprint density at radius 3 is 2.42 bits per heavy atom. The van der Waals surface area contributed by atoms with Gasteiger partial charge < -0.3 is 9.73 Å². The Bertz CT molecular complexity index is 477. The van der Waals surface area contributed by atoms with E-state index in [1.54, 1.807) is 13.0 Å². The Kier molecular flexibility index (Phi) is 6.07. The predicted octanol–water partition coefficient (Wildman–Crippen LogP) is 2.74. The molecule has 0 bridgehead atoms. The maximum atomic E-state index is 12.1. The van der Waals surface area contributed by atoms with Crippen molar-refractivity contribution in [2.75, 3.05) is 6.54 Å². The second-order valence-corrected chi connectivity index (χ2v) is 7.66. The van der Waals surface area contributed by atoms with Crippen LogP contribution in [0.5, 0.6) is 0 Å². The fourth-order valence-electron chi connectivity index (χ4n) is 1.73. The summed E-state index contributed by atoms with van der Waals surface area (Å²) >= 11 is 0. The highest BCUT2D eigenvalue weighted by atomic mass is 32.2. The molecule has 0 amide bonds.